The van der Waals surface area contributed by atoms with Crippen LogP contribution in [0.2, 0.25) is 0 Å². The normalized spacial score (nSPS) is 22.1. The quantitative estimate of drug-likeness (QED) is 0.344. The predicted molar refractivity (Wildman–Crippen MR) is 103 cm³/mol. The van der Waals surface area contributed by atoms with Gasteiger partial charge >= 0.3 is 0 Å². The highest BCUT2D eigenvalue weighted by Gasteiger charge is 2.61. The number of carbonyl (C=O) groups is 3. The van der Waals surface area contributed by atoms with Gasteiger partial charge in [-0.2, -0.15) is 0 Å². The molecule has 3 amide bonds. The fourth-order valence-corrected chi connectivity index (χ4v) is 4.07. The van der Waals surface area contributed by atoms with Crippen LogP contribution >= 0.6 is 0 Å². The number of hydrogen-bond acceptors (Lipinski definition) is 4. The van der Waals surface area contributed by atoms with Crippen molar-refractivity contribution in [1.82, 2.24) is 15.8 Å². The molecule has 1 saturated carbocycles. The average Bonchev–Trinajstić information content (AvgIpc) is 3.24. The van der Waals surface area contributed by atoms with Gasteiger partial charge in [-0.1, -0.05) is 32.0 Å². The van der Waals surface area contributed by atoms with Crippen molar-refractivity contribution in [3.8, 4) is 0 Å². The summed E-state index contributed by atoms with van der Waals surface area (Å²) in [5, 5.41) is 12.6. The molecule has 1 aliphatic carbocycles. The van der Waals surface area contributed by atoms with Crippen LogP contribution in [0.3, 0.4) is 0 Å². The maximum absolute atomic E-state index is 13.0. The fourth-order valence-electron chi connectivity index (χ4n) is 4.07. The van der Waals surface area contributed by atoms with Crippen LogP contribution < -0.4 is 16.5 Å². The van der Waals surface area contributed by atoms with E-state index in [0.717, 1.165) is 16.6 Å². The van der Waals surface area contributed by atoms with E-state index in [9.17, 15) is 14.4 Å². The van der Waals surface area contributed by atoms with Gasteiger partial charge in [-0.3, -0.25) is 19.6 Å². The molecular weight excluding hydrogens is 360 g/mol. The second-order valence-corrected chi connectivity index (χ2v) is 7.94. The van der Waals surface area contributed by atoms with Gasteiger partial charge in [0, 0.05) is 24.1 Å². The number of benzene rings is 1. The average molecular weight is 386 g/mol. The van der Waals surface area contributed by atoms with Gasteiger partial charge in [-0.05, 0) is 35.8 Å². The van der Waals surface area contributed by atoms with Crippen LogP contribution in [-0.2, 0) is 20.8 Å². The van der Waals surface area contributed by atoms with Gasteiger partial charge in [-0.25, -0.2) is 5.48 Å². The second-order valence-electron chi connectivity index (χ2n) is 7.94. The lowest BCUT2D eigenvalue weighted by molar-refractivity contribution is -0.137. The molecule has 0 radical (unpaired) electrons. The van der Waals surface area contributed by atoms with Gasteiger partial charge in [-0.15, -0.1) is 0 Å². The molecule has 6 N–H and O–H groups in total. The summed E-state index contributed by atoms with van der Waals surface area (Å²) in [5.74, 6) is -1.45. The van der Waals surface area contributed by atoms with Crippen molar-refractivity contribution < 1.29 is 19.6 Å². The Balaban J connectivity index is 1.76. The number of carbonyl (C=O) groups excluding carboxylic acids is 3. The molecule has 2 aromatic rings. The molecule has 28 heavy (non-hydrogen) atoms. The topological polar surface area (TPSA) is 137 Å². The number of rotatable bonds is 8. The van der Waals surface area contributed by atoms with Gasteiger partial charge in [0.25, 0.3) is 0 Å². The third kappa shape index (κ3) is 3.87. The molecule has 1 fully saturated rings. The molecule has 0 saturated heterocycles. The first kappa shape index (κ1) is 19.9. The first-order valence-corrected chi connectivity index (χ1v) is 9.36. The Kier molecular flexibility index (Phi) is 5.42. The van der Waals surface area contributed by atoms with Gasteiger partial charge in [0.2, 0.25) is 17.7 Å². The van der Waals surface area contributed by atoms with Crippen LogP contribution in [0.25, 0.3) is 10.9 Å². The van der Waals surface area contributed by atoms with E-state index in [1.165, 1.54) is 0 Å². The number of fused-ring (bicyclic) bond motifs is 1. The van der Waals surface area contributed by atoms with Crippen molar-refractivity contribution in [1.29, 1.82) is 0 Å². The molecule has 0 bridgehead atoms. The van der Waals surface area contributed by atoms with Crippen LogP contribution in [-0.4, -0.2) is 34.0 Å². The first-order chi connectivity index (χ1) is 13.3. The lowest BCUT2D eigenvalue weighted by Crippen LogP contribution is -2.49. The van der Waals surface area contributed by atoms with Crippen LogP contribution in [0.15, 0.2) is 30.3 Å². The SMILES string of the molecule is CC(C)[C@@H]1CC1(CC(=O)NO)C(=O)N[C@@H](Cc1cc2ccccc2[nH]1)C(N)=O. The lowest BCUT2D eigenvalue weighted by atomic mass is 9.92. The third-order valence-corrected chi connectivity index (χ3v) is 5.65. The summed E-state index contributed by atoms with van der Waals surface area (Å²) in [6.45, 7) is 3.96. The number of nitrogens with two attached hydrogens (primary N) is 1. The van der Waals surface area contributed by atoms with E-state index in [0.29, 0.717) is 6.42 Å². The molecule has 150 valence electrons. The highest BCUT2D eigenvalue weighted by Crippen LogP contribution is 2.59. The van der Waals surface area contributed by atoms with Crippen molar-refractivity contribution in [3.63, 3.8) is 0 Å². The zero-order valence-electron chi connectivity index (χ0n) is 16.0. The Bertz CT molecular complexity index is 873. The smallest absolute Gasteiger partial charge is 0.244 e. The van der Waals surface area contributed by atoms with Gasteiger partial charge in [0.1, 0.15) is 6.04 Å². The van der Waals surface area contributed by atoms with E-state index in [1.54, 1.807) is 5.48 Å². The van der Waals surface area contributed by atoms with Crippen molar-refractivity contribution in [3.05, 3.63) is 36.0 Å². The van der Waals surface area contributed by atoms with Crippen molar-refractivity contribution in [2.45, 2.75) is 39.2 Å². The molecule has 0 spiro atoms. The molecule has 1 aromatic heterocycles. The molecule has 8 nitrogen and oxygen atoms in total. The Morgan fingerprint density at radius 1 is 1.32 bits per heavy atom. The van der Waals surface area contributed by atoms with Crippen molar-refractivity contribution in [2.75, 3.05) is 0 Å². The maximum atomic E-state index is 13.0. The zero-order chi connectivity index (χ0) is 20.5. The molecule has 3 rings (SSSR count). The van der Waals surface area contributed by atoms with E-state index in [-0.39, 0.29) is 30.6 Å². The summed E-state index contributed by atoms with van der Waals surface area (Å²) in [5.41, 5.74) is 7.91. The molecule has 0 aliphatic heterocycles. The summed E-state index contributed by atoms with van der Waals surface area (Å²) in [4.78, 5) is 39.9. The van der Waals surface area contributed by atoms with E-state index in [2.05, 4.69) is 10.3 Å². The highest BCUT2D eigenvalue weighted by molar-refractivity contribution is 5.94. The molecule has 1 aliphatic rings. The molecular formula is C20H26N4O4. The van der Waals surface area contributed by atoms with E-state index in [1.807, 2.05) is 44.2 Å². The molecule has 1 unspecified atom stereocenters. The standard InChI is InChI=1S/C20H26N4O4/c1-11(2)14-9-20(14,10-17(25)24-28)19(27)23-16(18(21)26)8-13-7-12-5-3-4-6-15(12)22-13/h3-7,11,14,16,22,28H,8-10H2,1-2H3,(H2,21,26)(H,23,27)(H,24,25)/t14-,16-,20?/m0/s1. The van der Waals surface area contributed by atoms with Gasteiger partial charge in [0.15, 0.2) is 0 Å². The lowest BCUT2D eigenvalue weighted by Gasteiger charge is -2.22. The number of hydroxylamine groups is 1. The Hall–Kier alpha value is -2.87. The summed E-state index contributed by atoms with van der Waals surface area (Å²) in [6.07, 6.45) is 0.627. The number of aromatic amines is 1. The third-order valence-electron chi connectivity index (χ3n) is 5.65. The summed E-state index contributed by atoms with van der Waals surface area (Å²) >= 11 is 0. The Morgan fingerprint density at radius 3 is 2.61 bits per heavy atom. The van der Waals surface area contributed by atoms with Crippen LogP contribution in [0, 0.1) is 17.3 Å². The van der Waals surface area contributed by atoms with Crippen molar-refractivity contribution >= 4 is 28.6 Å². The van der Waals surface area contributed by atoms with Gasteiger partial charge < -0.3 is 16.0 Å². The molecule has 3 atom stereocenters. The Labute approximate surface area is 162 Å². The first-order valence-electron chi connectivity index (χ1n) is 9.36. The second kappa shape index (κ2) is 7.63. The number of primary amides is 1. The number of nitrogens with one attached hydrogen (secondary N) is 3. The number of hydrogen-bond donors (Lipinski definition) is 5. The predicted octanol–water partition coefficient (Wildman–Crippen LogP) is 1.24. The summed E-state index contributed by atoms with van der Waals surface area (Å²) < 4.78 is 0. The molecule has 1 heterocycles. The molecule has 8 heteroatoms. The Morgan fingerprint density at radius 2 is 2.04 bits per heavy atom. The minimum absolute atomic E-state index is 0.00593. The minimum Gasteiger partial charge on any atom is -0.368 e. The summed E-state index contributed by atoms with van der Waals surface area (Å²) in [7, 11) is 0. The van der Waals surface area contributed by atoms with E-state index in [4.69, 9.17) is 10.9 Å². The minimum atomic E-state index is -0.921. The van der Waals surface area contributed by atoms with Gasteiger partial charge in [0.05, 0.1) is 5.41 Å². The largest absolute Gasteiger partial charge is 0.368 e. The molecule has 1 aromatic carbocycles. The highest BCUT2D eigenvalue weighted by atomic mass is 16.5. The number of H-pyrrole nitrogens is 1. The van der Waals surface area contributed by atoms with Crippen LogP contribution in [0.5, 0.6) is 0 Å². The fraction of sp³-hybridized carbons (Fsp3) is 0.450. The van der Waals surface area contributed by atoms with Crippen LogP contribution in [0.1, 0.15) is 32.4 Å². The number of aromatic nitrogens is 1. The summed E-state index contributed by atoms with van der Waals surface area (Å²) in [6, 6.07) is 8.72. The number of para-hydroxylation sites is 1. The monoisotopic (exact) mass is 386 g/mol. The van der Waals surface area contributed by atoms with Crippen molar-refractivity contribution in [2.24, 2.45) is 23.0 Å². The van der Waals surface area contributed by atoms with E-state index < -0.39 is 23.3 Å². The zero-order valence-corrected chi connectivity index (χ0v) is 16.0. The van der Waals surface area contributed by atoms with E-state index >= 15 is 0 Å². The number of amides is 3. The van der Waals surface area contributed by atoms with Crippen LogP contribution in [0.4, 0.5) is 0 Å². The maximum Gasteiger partial charge on any atom is 0.244 e.